The highest BCUT2D eigenvalue weighted by Gasteiger charge is 2.46. The quantitative estimate of drug-likeness (QED) is 0.685. The Hall–Kier alpha value is -2.93. The third kappa shape index (κ3) is 3.78. The minimum atomic E-state index is -0.671. The van der Waals surface area contributed by atoms with E-state index in [-0.39, 0.29) is 36.5 Å². The largest absolute Gasteiger partial charge is 0.274 e. The van der Waals surface area contributed by atoms with Gasteiger partial charge in [0, 0.05) is 12.8 Å². The van der Waals surface area contributed by atoms with Gasteiger partial charge in [-0.25, -0.2) is 9.80 Å². The molecule has 2 fully saturated rings. The number of carbonyl (C=O) groups excluding carboxylic acids is 4. The second-order valence-electron chi connectivity index (χ2n) is 8.19. The molecule has 160 valence electrons. The topological polar surface area (TPSA) is 74.8 Å². The number of hydrogen-bond acceptors (Lipinski definition) is 5. The van der Waals surface area contributed by atoms with Crippen LogP contribution in [-0.2, 0) is 19.2 Å². The van der Waals surface area contributed by atoms with Crippen molar-refractivity contribution in [2.24, 2.45) is 0 Å². The zero-order chi connectivity index (χ0) is 22.4. The Morgan fingerprint density at radius 3 is 1.39 bits per heavy atom. The van der Waals surface area contributed by atoms with Crippen LogP contribution < -0.4 is 9.80 Å². The molecule has 0 bridgehead atoms. The van der Waals surface area contributed by atoms with E-state index in [0.717, 1.165) is 34.0 Å². The second-order valence-corrected chi connectivity index (χ2v) is 9.60. The van der Waals surface area contributed by atoms with Crippen molar-refractivity contribution in [1.29, 1.82) is 0 Å². The van der Waals surface area contributed by atoms with Gasteiger partial charge < -0.3 is 0 Å². The van der Waals surface area contributed by atoms with Crippen LogP contribution >= 0.6 is 11.8 Å². The zero-order valence-corrected chi connectivity index (χ0v) is 18.8. The number of thioether (sulfide) groups is 1. The van der Waals surface area contributed by atoms with Crippen molar-refractivity contribution in [2.75, 3.05) is 9.80 Å². The van der Waals surface area contributed by atoms with Gasteiger partial charge in [-0.1, -0.05) is 12.1 Å². The lowest BCUT2D eigenvalue weighted by molar-refractivity contribution is -0.122. The Bertz CT molecular complexity index is 1040. The van der Waals surface area contributed by atoms with Gasteiger partial charge in [0.05, 0.1) is 21.9 Å². The van der Waals surface area contributed by atoms with Crippen molar-refractivity contribution < 1.29 is 19.2 Å². The maximum atomic E-state index is 13.0. The molecule has 2 saturated heterocycles. The summed E-state index contributed by atoms with van der Waals surface area (Å²) in [5.41, 5.74) is 5.24. The fraction of sp³-hybridized carbons (Fsp3) is 0.333. The van der Waals surface area contributed by atoms with E-state index >= 15 is 0 Å². The highest BCUT2D eigenvalue weighted by Crippen LogP contribution is 2.37. The van der Waals surface area contributed by atoms with Crippen molar-refractivity contribution in [3.05, 3.63) is 58.7 Å². The molecule has 0 N–H and O–H groups in total. The fourth-order valence-corrected chi connectivity index (χ4v) is 5.21. The predicted octanol–water partition coefficient (Wildman–Crippen LogP) is 3.62. The van der Waals surface area contributed by atoms with E-state index in [2.05, 4.69) is 0 Å². The molecule has 0 aromatic heterocycles. The standard InChI is InChI=1S/C24H24N2O4S/c1-13-5-7-17(9-15(13)3)25-21(27)11-19(23(25)29)31-20-12-22(28)26(24(20)30)18-8-6-14(2)16(4)10-18/h5-10,19-20H,11-12H2,1-4H3. The van der Waals surface area contributed by atoms with Crippen molar-refractivity contribution in [3.63, 3.8) is 0 Å². The SMILES string of the molecule is Cc1ccc(N2C(=O)CC(SC3CC(=O)N(c4ccc(C)c(C)c4)C3=O)C2=O)cc1C. The lowest BCUT2D eigenvalue weighted by atomic mass is 10.1. The number of rotatable bonds is 4. The summed E-state index contributed by atoms with van der Waals surface area (Å²) < 4.78 is 0. The normalized spacial score (nSPS) is 21.5. The third-order valence-corrected chi connectivity index (χ3v) is 7.43. The van der Waals surface area contributed by atoms with Crippen molar-refractivity contribution in [3.8, 4) is 0 Å². The first-order chi connectivity index (χ1) is 14.7. The van der Waals surface area contributed by atoms with E-state index in [4.69, 9.17) is 0 Å². The van der Waals surface area contributed by atoms with Crippen LogP contribution in [0.4, 0.5) is 11.4 Å². The number of amides is 4. The molecule has 0 saturated carbocycles. The molecule has 2 aromatic rings. The summed E-state index contributed by atoms with van der Waals surface area (Å²) in [6.07, 6.45) is 0.0517. The number of hydrogen-bond donors (Lipinski definition) is 0. The molecule has 2 aromatic carbocycles. The molecule has 4 rings (SSSR count). The van der Waals surface area contributed by atoms with Gasteiger partial charge in [-0.05, 0) is 74.2 Å². The molecular weight excluding hydrogens is 412 g/mol. The van der Waals surface area contributed by atoms with E-state index < -0.39 is 10.5 Å². The molecule has 0 radical (unpaired) electrons. The first-order valence-electron chi connectivity index (χ1n) is 10.2. The number of carbonyl (C=O) groups is 4. The van der Waals surface area contributed by atoms with Gasteiger partial charge in [-0.15, -0.1) is 11.8 Å². The second kappa shape index (κ2) is 7.96. The number of benzene rings is 2. The Balaban J connectivity index is 1.51. The summed E-state index contributed by atoms with van der Waals surface area (Å²) in [5.74, 6) is -1.23. The highest BCUT2D eigenvalue weighted by atomic mass is 32.2. The summed E-state index contributed by atoms with van der Waals surface area (Å²) in [4.78, 5) is 53.6. The minimum Gasteiger partial charge on any atom is -0.274 e. The van der Waals surface area contributed by atoms with Gasteiger partial charge in [-0.3, -0.25) is 19.2 Å². The molecular formula is C24H24N2O4S. The zero-order valence-electron chi connectivity index (χ0n) is 18.0. The summed E-state index contributed by atoms with van der Waals surface area (Å²) in [6.45, 7) is 7.80. The third-order valence-electron chi connectivity index (χ3n) is 6.04. The molecule has 2 atom stereocenters. The number of aryl methyl sites for hydroxylation is 4. The maximum absolute atomic E-state index is 13.0. The van der Waals surface area contributed by atoms with E-state index in [1.807, 2.05) is 52.0 Å². The molecule has 31 heavy (non-hydrogen) atoms. The van der Waals surface area contributed by atoms with Crippen LogP contribution in [0.3, 0.4) is 0 Å². The average Bonchev–Trinajstić information content (AvgIpc) is 3.15. The summed E-state index contributed by atoms with van der Waals surface area (Å²) in [6, 6.07) is 10.9. The lowest BCUT2D eigenvalue weighted by Crippen LogP contribution is -2.33. The molecule has 0 spiro atoms. The van der Waals surface area contributed by atoms with Crippen LogP contribution in [0.2, 0.25) is 0 Å². The Kier molecular flexibility index (Phi) is 5.47. The predicted molar refractivity (Wildman–Crippen MR) is 121 cm³/mol. The first-order valence-corrected chi connectivity index (χ1v) is 11.1. The lowest BCUT2D eigenvalue weighted by Gasteiger charge is -2.18. The monoisotopic (exact) mass is 436 g/mol. The van der Waals surface area contributed by atoms with Gasteiger partial charge in [0.15, 0.2) is 0 Å². The van der Waals surface area contributed by atoms with Crippen molar-refractivity contribution in [2.45, 2.75) is 51.0 Å². The Morgan fingerprint density at radius 1 is 0.645 bits per heavy atom. The van der Waals surface area contributed by atoms with E-state index in [9.17, 15) is 19.2 Å². The Morgan fingerprint density at radius 2 is 1.03 bits per heavy atom. The molecule has 2 aliphatic heterocycles. The average molecular weight is 437 g/mol. The van der Waals surface area contributed by atoms with Crippen molar-refractivity contribution >= 4 is 46.8 Å². The molecule has 0 aliphatic carbocycles. The summed E-state index contributed by atoms with van der Waals surface area (Å²) in [5, 5.41) is -1.34. The van der Waals surface area contributed by atoms with E-state index in [0.29, 0.717) is 11.4 Å². The van der Waals surface area contributed by atoms with Crippen LogP contribution in [0.5, 0.6) is 0 Å². The van der Waals surface area contributed by atoms with E-state index in [1.165, 1.54) is 9.80 Å². The summed E-state index contributed by atoms with van der Waals surface area (Å²) >= 11 is 1.13. The first kappa shape index (κ1) is 21.3. The number of imide groups is 2. The van der Waals surface area contributed by atoms with Crippen LogP contribution in [0.1, 0.15) is 35.1 Å². The van der Waals surface area contributed by atoms with Crippen LogP contribution in [0, 0.1) is 27.7 Å². The molecule has 4 amide bonds. The van der Waals surface area contributed by atoms with Gasteiger partial charge in [0.25, 0.3) is 0 Å². The smallest absolute Gasteiger partial charge is 0.247 e. The molecule has 2 aliphatic rings. The minimum absolute atomic E-state index is 0.0258. The van der Waals surface area contributed by atoms with Crippen LogP contribution in [-0.4, -0.2) is 34.1 Å². The van der Waals surface area contributed by atoms with Gasteiger partial charge in [0.1, 0.15) is 0 Å². The summed E-state index contributed by atoms with van der Waals surface area (Å²) in [7, 11) is 0. The van der Waals surface area contributed by atoms with Crippen molar-refractivity contribution in [1.82, 2.24) is 0 Å². The van der Waals surface area contributed by atoms with Gasteiger partial charge in [-0.2, -0.15) is 0 Å². The maximum Gasteiger partial charge on any atom is 0.247 e. The van der Waals surface area contributed by atoms with Crippen LogP contribution in [0.15, 0.2) is 36.4 Å². The van der Waals surface area contributed by atoms with Gasteiger partial charge in [0.2, 0.25) is 23.6 Å². The molecule has 7 heteroatoms. The van der Waals surface area contributed by atoms with Crippen LogP contribution in [0.25, 0.3) is 0 Å². The molecule has 6 nitrogen and oxygen atoms in total. The van der Waals surface area contributed by atoms with E-state index in [1.54, 1.807) is 12.1 Å². The molecule has 2 heterocycles. The number of nitrogens with zero attached hydrogens (tertiary/aromatic N) is 2. The van der Waals surface area contributed by atoms with Gasteiger partial charge >= 0.3 is 0 Å². The Labute approximate surface area is 185 Å². The number of anilines is 2. The fourth-order valence-electron chi connectivity index (χ4n) is 3.89. The highest BCUT2D eigenvalue weighted by molar-refractivity contribution is 8.02. The molecule has 2 unspecified atom stereocenters.